The Balaban J connectivity index is 0.000000104. The molecule has 564 valence electrons. The lowest BCUT2D eigenvalue weighted by molar-refractivity contribution is 1.37. The van der Waals surface area contributed by atoms with E-state index in [1.165, 1.54) is 32.8 Å². The molecule has 0 saturated carbocycles. The van der Waals surface area contributed by atoms with E-state index in [1.807, 2.05) is 85.7 Å². The number of aromatic nitrogens is 12. The molecule has 122 heavy (non-hydrogen) atoms. The first-order chi connectivity index (χ1) is 60.5. The molecule has 0 amide bonds. The van der Waals surface area contributed by atoms with Crippen LogP contribution in [0.5, 0.6) is 0 Å². The molecule has 0 bridgehead atoms. The normalized spacial score (nSPS) is 11.8. The SMILES string of the molecule is c1cc(-c2ccc3ccc4cccnc4c3n2)cc(-c2c3ccccc3nc3c2ccc2cccnc23)c1.c1cnc2c(c1)ccc1ccc(-c3ccc(-c4c5ccccc5nc5c4ccc4cccnc45)c4ccccc34)nc12.c1cnc2c(c1)ccc1ccc(-c3ccc4cc(-c5c6ccccc6nc6c5ccc5cccnc56)ccc4c3)nc12. The summed E-state index contributed by atoms with van der Waals surface area (Å²) in [5, 5.41) is 21.2. The van der Waals surface area contributed by atoms with Crippen molar-refractivity contribution in [1.29, 1.82) is 0 Å². The topological polar surface area (TPSA) is 155 Å². The minimum atomic E-state index is 0.920. The molecule has 0 N–H and O–H groups in total. The molecule has 14 aromatic carbocycles. The standard InChI is InChI=1S/2C38H22N4.C34H20N4/c1-2-8-33-30(7-1)34(31-17-15-24-6-4-20-40-36(24)38(31)42-33)29-14-12-26-21-28(13-11-27(26)22-29)32-18-16-25-10-9-23-5-3-19-39-35(23)37(25)41-32;1-2-10-27-26(9-1)28(33-20-16-25-14-13-23-7-5-21-39-35(23)37(25)41-33)18-19-29(27)34-30-11-3-4-12-32(30)42-38-31(34)17-15-24-8-6-22-40-36(24)38;1-2-11-29-26(10-1)30(27-16-14-22-9-5-19-36-32(22)34(27)38-29)25-7-3-6-24(20-25)28-17-15-23-13-12-21-8-4-18-35-31(21)33(23)37-28/h2*1-22H;1-20H. The van der Waals surface area contributed by atoms with Crippen molar-refractivity contribution < 1.29 is 0 Å². The third-order valence-electron chi connectivity index (χ3n) is 23.9. The average molecular weight is 1550 g/mol. The monoisotopic (exact) mass is 1550 g/mol. The van der Waals surface area contributed by atoms with Crippen LogP contribution in [0.25, 0.3) is 252 Å². The molecule has 26 rings (SSSR count). The number of benzene rings is 14. The van der Waals surface area contributed by atoms with Crippen LogP contribution in [0.2, 0.25) is 0 Å². The van der Waals surface area contributed by atoms with E-state index in [2.05, 4.69) is 318 Å². The maximum atomic E-state index is 5.18. The Morgan fingerprint density at radius 2 is 0.426 bits per heavy atom. The molecule has 0 atom stereocenters. The van der Waals surface area contributed by atoms with E-state index in [1.54, 1.807) is 0 Å². The number of hydrogen-bond acceptors (Lipinski definition) is 12. The van der Waals surface area contributed by atoms with Gasteiger partial charge in [-0.2, -0.15) is 0 Å². The lowest BCUT2D eigenvalue weighted by atomic mass is 9.89. The van der Waals surface area contributed by atoms with E-state index < -0.39 is 0 Å². The largest absolute Gasteiger partial charge is 0.254 e. The van der Waals surface area contributed by atoms with E-state index in [-0.39, 0.29) is 0 Å². The van der Waals surface area contributed by atoms with Gasteiger partial charge in [-0.3, -0.25) is 29.9 Å². The van der Waals surface area contributed by atoms with Gasteiger partial charge in [0.1, 0.15) is 0 Å². The zero-order chi connectivity index (χ0) is 80.3. The van der Waals surface area contributed by atoms with Crippen LogP contribution in [0.4, 0.5) is 0 Å². The molecule has 0 fully saturated rings. The van der Waals surface area contributed by atoms with Crippen molar-refractivity contribution in [3.63, 3.8) is 0 Å². The van der Waals surface area contributed by atoms with Crippen LogP contribution in [0.15, 0.2) is 389 Å². The number of rotatable bonds is 6. The first kappa shape index (κ1) is 69.6. The molecule has 12 aromatic heterocycles. The van der Waals surface area contributed by atoms with Crippen molar-refractivity contribution in [1.82, 2.24) is 59.8 Å². The summed E-state index contributed by atoms with van der Waals surface area (Å²) >= 11 is 0. The number of fused-ring (bicyclic) bond motifs is 23. The van der Waals surface area contributed by atoms with E-state index in [4.69, 9.17) is 44.9 Å². The summed E-state index contributed by atoms with van der Waals surface area (Å²) in [5.41, 5.74) is 27.0. The van der Waals surface area contributed by atoms with Gasteiger partial charge in [-0.15, -0.1) is 0 Å². The Morgan fingerprint density at radius 3 is 0.861 bits per heavy atom. The zero-order valence-electron chi connectivity index (χ0n) is 65.3. The van der Waals surface area contributed by atoms with E-state index in [0.29, 0.717) is 0 Å². The third kappa shape index (κ3) is 11.8. The Hall–Kier alpha value is -16.7. The van der Waals surface area contributed by atoms with Crippen LogP contribution < -0.4 is 0 Å². The Bertz CT molecular complexity index is 8900. The van der Waals surface area contributed by atoms with Crippen LogP contribution >= 0.6 is 0 Å². The number of pyridine rings is 12. The smallest absolute Gasteiger partial charge is 0.0978 e. The predicted octanol–water partition coefficient (Wildman–Crippen LogP) is 27.4. The summed E-state index contributed by atoms with van der Waals surface area (Å²) < 4.78 is 0. The molecule has 0 saturated heterocycles. The fourth-order valence-corrected chi connectivity index (χ4v) is 18.2. The number of nitrogens with zero attached hydrogens (tertiary/aromatic N) is 12. The first-order valence-corrected chi connectivity index (χ1v) is 40.8. The summed E-state index contributed by atoms with van der Waals surface area (Å²) in [5.74, 6) is 0. The summed E-state index contributed by atoms with van der Waals surface area (Å²) in [6.45, 7) is 0. The van der Waals surface area contributed by atoms with Crippen LogP contribution in [-0.4, -0.2) is 59.8 Å². The molecule has 0 spiro atoms. The molecule has 0 radical (unpaired) electrons. The molecule has 0 aliphatic carbocycles. The summed E-state index contributed by atoms with van der Waals surface area (Å²) in [4.78, 5) is 58.6. The Kier molecular flexibility index (Phi) is 16.3. The van der Waals surface area contributed by atoms with Gasteiger partial charge in [0.15, 0.2) is 0 Å². The summed E-state index contributed by atoms with van der Waals surface area (Å²) in [6.07, 6.45) is 11.0. The molecule has 12 nitrogen and oxygen atoms in total. The summed E-state index contributed by atoms with van der Waals surface area (Å²) in [6, 6.07) is 123. The highest BCUT2D eigenvalue weighted by molar-refractivity contribution is 6.22. The lowest BCUT2D eigenvalue weighted by Crippen LogP contribution is -1.94. The second-order valence-corrected chi connectivity index (χ2v) is 30.9. The summed E-state index contributed by atoms with van der Waals surface area (Å²) in [7, 11) is 0. The fraction of sp³-hybridized carbons (Fsp3) is 0. The average Bonchev–Trinajstić information content (AvgIpc) is 0.707. The van der Waals surface area contributed by atoms with Gasteiger partial charge in [-0.1, -0.05) is 261 Å². The highest BCUT2D eigenvalue weighted by Crippen LogP contribution is 2.46. The van der Waals surface area contributed by atoms with Crippen molar-refractivity contribution in [2.75, 3.05) is 0 Å². The minimum absolute atomic E-state index is 0.920. The fourth-order valence-electron chi connectivity index (χ4n) is 18.2. The van der Waals surface area contributed by atoms with Crippen LogP contribution in [0, 0.1) is 0 Å². The lowest BCUT2D eigenvalue weighted by Gasteiger charge is -2.16. The van der Waals surface area contributed by atoms with Crippen molar-refractivity contribution in [3.05, 3.63) is 389 Å². The van der Waals surface area contributed by atoms with E-state index in [9.17, 15) is 0 Å². The van der Waals surface area contributed by atoms with Gasteiger partial charge in [0.05, 0.1) is 99.8 Å². The van der Waals surface area contributed by atoms with Crippen molar-refractivity contribution in [2.45, 2.75) is 0 Å². The van der Waals surface area contributed by atoms with Gasteiger partial charge in [-0.05, 0) is 129 Å². The number of para-hydroxylation sites is 3. The molecule has 0 unspecified atom stereocenters. The van der Waals surface area contributed by atoms with Crippen LogP contribution in [0.3, 0.4) is 0 Å². The molecular formula is C110H64N12. The minimum Gasteiger partial charge on any atom is -0.254 e. The molecule has 0 aliphatic heterocycles. The maximum absolute atomic E-state index is 5.18. The predicted molar refractivity (Wildman–Crippen MR) is 503 cm³/mol. The molecular weight excluding hydrogens is 1490 g/mol. The second kappa shape index (κ2) is 28.6. The third-order valence-corrected chi connectivity index (χ3v) is 23.9. The number of hydrogen-bond donors (Lipinski definition) is 0. The second-order valence-electron chi connectivity index (χ2n) is 30.9. The van der Waals surface area contributed by atoms with Gasteiger partial charge >= 0.3 is 0 Å². The van der Waals surface area contributed by atoms with Gasteiger partial charge in [0.25, 0.3) is 0 Å². The zero-order valence-corrected chi connectivity index (χ0v) is 65.3. The van der Waals surface area contributed by atoms with Crippen molar-refractivity contribution >= 4 is 185 Å². The Morgan fingerprint density at radius 1 is 0.139 bits per heavy atom. The van der Waals surface area contributed by atoms with Gasteiger partial charge in [-0.25, -0.2) is 29.9 Å². The van der Waals surface area contributed by atoms with E-state index in [0.717, 1.165) is 219 Å². The first-order valence-electron chi connectivity index (χ1n) is 40.8. The Labute approximate surface area is 696 Å². The molecule has 0 aliphatic rings. The van der Waals surface area contributed by atoms with Crippen molar-refractivity contribution in [3.8, 4) is 67.2 Å². The van der Waals surface area contributed by atoms with E-state index >= 15 is 0 Å². The van der Waals surface area contributed by atoms with Gasteiger partial charge in [0, 0.05) is 151 Å². The van der Waals surface area contributed by atoms with Gasteiger partial charge < -0.3 is 0 Å². The van der Waals surface area contributed by atoms with Gasteiger partial charge in [0.2, 0.25) is 0 Å². The molecule has 12 heteroatoms. The highest BCUT2D eigenvalue weighted by Gasteiger charge is 2.22. The highest BCUT2D eigenvalue weighted by atomic mass is 14.8. The van der Waals surface area contributed by atoms with Crippen molar-refractivity contribution in [2.24, 2.45) is 0 Å². The van der Waals surface area contributed by atoms with Crippen LogP contribution in [0.1, 0.15) is 0 Å². The molecule has 26 aromatic rings. The quantitative estimate of drug-likeness (QED) is 0.115. The van der Waals surface area contributed by atoms with Crippen LogP contribution in [-0.2, 0) is 0 Å². The maximum Gasteiger partial charge on any atom is 0.0978 e. The molecule has 12 heterocycles.